The molecule has 0 radical (unpaired) electrons. The summed E-state index contributed by atoms with van der Waals surface area (Å²) >= 11 is 0. The molecule has 1 aromatic heterocycles. The van der Waals surface area contributed by atoms with Crippen molar-refractivity contribution in [3.63, 3.8) is 0 Å². The Bertz CT molecular complexity index is 1130. The van der Waals surface area contributed by atoms with E-state index in [1.165, 1.54) is 0 Å². The van der Waals surface area contributed by atoms with Gasteiger partial charge in [-0.15, -0.1) is 0 Å². The number of hydrogen-bond donors (Lipinski definition) is 1. The van der Waals surface area contributed by atoms with E-state index in [-0.39, 0.29) is 11.9 Å². The van der Waals surface area contributed by atoms with Gasteiger partial charge in [-0.1, -0.05) is 36.4 Å². The second kappa shape index (κ2) is 8.87. The molecule has 6 heteroatoms. The van der Waals surface area contributed by atoms with Gasteiger partial charge in [-0.25, -0.2) is 9.97 Å². The van der Waals surface area contributed by atoms with Gasteiger partial charge in [0, 0.05) is 35.3 Å². The van der Waals surface area contributed by atoms with Gasteiger partial charge in [0.25, 0.3) is 5.91 Å². The molecule has 0 saturated heterocycles. The molecule has 0 fully saturated rings. The largest absolute Gasteiger partial charge is 0.497 e. The zero-order valence-corrected chi connectivity index (χ0v) is 16.3. The van der Waals surface area contributed by atoms with E-state index in [1.807, 2.05) is 54.6 Å². The lowest BCUT2D eigenvalue weighted by Gasteiger charge is -2.07. The Kier molecular flexibility index (Phi) is 5.66. The van der Waals surface area contributed by atoms with Gasteiger partial charge in [0.1, 0.15) is 11.5 Å². The Balaban J connectivity index is 1.43. The molecule has 0 aliphatic rings. The zero-order chi connectivity index (χ0) is 20.8. The van der Waals surface area contributed by atoms with Gasteiger partial charge in [-0.3, -0.25) is 4.79 Å². The molecule has 0 aliphatic heterocycles. The molecule has 148 valence electrons. The molecular formula is C24H19N3O3. The monoisotopic (exact) mass is 397 g/mol. The normalized spacial score (nSPS) is 10.3. The number of carbonyl (C=O) groups excluding carboxylic acids is 1. The summed E-state index contributed by atoms with van der Waals surface area (Å²) in [5.41, 5.74) is 3.05. The van der Waals surface area contributed by atoms with Crippen molar-refractivity contribution in [2.24, 2.45) is 0 Å². The minimum atomic E-state index is -0.161. The molecule has 0 atom stereocenters. The van der Waals surface area contributed by atoms with Crippen LogP contribution in [0.4, 0.5) is 5.69 Å². The number of methoxy groups -OCH3 is 1. The van der Waals surface area contributed by atoms with Gasteiger partial charge >= 0.3 is 6.01 Å². The third kappa shape index (κ3) is 4.62. The third-order valence-corrected chi connectivity index (χ3v) is 4.39. The summed E-state index contributed by atoms with van der Waals surface area (Å²) < 4.78 is 10.8. The fourth-order valence-corrected chi connectivity index (χ4v) is 2.83. The van der Waals surface area contributed by atoms with Gasteiger partial charge in [-0.2, -0.15) is 0 Å². The summed E-state index contributed by atoms with van der Waals surface area (Å²) in [5, 5.41) is 2.87. The average molecular weight is 397 g/mol. The number of anilines is 1. The summed E-state index contributed by atoms with van der Waals surface area (Å²) in [6.07, 6.45) is 3.36. The SMILES string of the molecule is COc1cccc(Oc2ncc(-c3ccc(C(=O)Nc4ccccc4)cc3)cn2)c1. The van der Waals surface area contributed by atoms with E-state index in [2.05, 4.69) is 15.3 Å². The first kappa shape index (κ1) is 19.1. The van der Waals surface area contributed by atoms with Crippen LogP contribution in [-0.2, 0) is 0 Å². The van der Waals surface area contributed by atoms with E-state index in [0.29, 0.717) is 17.1 Å². The number of rotatable bonds is 6. The number of amides is 1. The number of hydrogen-bond acceptors (Lipinski definition) is 5. The summed E-state index contributed by atoms with van der Waals surface area (Å²) in [4.78, 5) is 20.9. The highest BCUT2D eigenvalue weighted by atomic mass is 16.5. The van der Waals surface area contributed by atoms with Crippen LogP contribution in [-0.4, -0.2) is 23.0 Å². The highest BCUT2D eigenvalue weighted by molar-refractivity contribution is 6.04. The van der Waals surface area contributed by atoms with Crippen LogP contribution >= 0.6 is 0 Å². The molecule has 30 heavy (non-hydrogen) atoms. The van der Waals surface area contributed by atoms with Crippen LogP contribution in [0.2, 0.25) is 0 Å². The first-order valence-corrected chi connectivity index (χ1v) is 9.32. The van der Waals surface area contributed by atoms with Crippen LogP contribution in [0.15, 0.2) is 91.3 Å². The number of ether oxygens (including phenoxy) is 2. The molecule has 1 heterocycles. The van der Waals surface area contributed by atoms with Crippen molar-refractivity contribution in [3.05, 3.63) is 96.8 Å². The predicted molar refractivity (Wildman–Crippen MR) is 115 cm³/mol. The Morgan fingerprint density at radius 1 is 0.800 bits per heavy atom. The van der Waals surface area contributed by atoms with Crippen LogP contribution in [0.25, 0.3) is 11.1 Å². The van der Waals surface area contributed by atoms with Crippen molar-refractivity contribution >= 4 is 11.6 Å². The minimum absolute atomic E-state index is 0.161. The number of benzene rings is 3. The quantitative estimate of drug-likeness (QED) is 0.484. The van der Waals surface area contributed by atoms with Crippen molar-refractivity contribution in [1.82, 2.24) is 9.97 Å². The summed E-state index contributed by atoms with van der Waals surface area (Å²) in [5.74, 6) is 1.13. The fourth-order valence-electron chi connectivity index (χ4n) is 2.83. The van der Waals surface area contributed by atoms with Crippen molar-refractivity contribution < 1.29 is 14.3 Å². The number of para-hydroxylation sites is 1. The second-order valence-corrected chi connectivity index (χ2v) is 6.43. The lowest BCUT2D eigenvalue weighted by Crippen LogP contribution is -2.11. The smallest absolute Gasteiger partial charge is 0.321 e. The third-order valence-electron chi connectivity index (χ3n) is 4.39. The molecule has 0 spiro atoms. The second-order valence-electron chi connectivity index (χ2n) is 6.43. The molecule has 3 aromatic carbocycles. The first-order chi connectivity index (χ1) is 14.7. The van der Waals surface area contributed by atoms with E-state index in [0.717, 1.165) is 16.8 Å². The van der Waals surface area contributed by atoms with Crippen molar-refractivity contribution in [2.45, 2.75) is 0 Å². The summed E-state index contributed by atoms with van der Waals surface area (Å²) in [6.45, 7) is 0. The fraction of sp³-hybridized carbons (Fsp3) is 0.0417. The maximum absolute atomic E-state index is 12.4. The van der Waals surface area contributed by atoms with Crippen LogP contribution in [0.5, 0.6) is 17.5 Å². The highest BCUT2D eigenvalue weighted by Gasteiger charge is 2.08. The van der Waals surface area contributed by atoms with Gasteiger partial charge in [0.2, 0.25) is 0 Å². The standard InChI is InChI=1S/C24H19N3O3/c1-29-21-8-5-9-22(14-21)30-24-25-15-19(16-26-24)17-10-12-18(13-11-17)23(28)27-20-6-3-2-4-7-20/h2-16H,1H3,(H,27,28). The molecule has 1 amide bonds. The molecule has 6 nitrogen and oxygen atoms in total. The first-order valence-electron chi connectivity index (χ1n) is 9.32. The van der Waals surface area contributed by atoms with Gasteiger partial charge in [0.15, 0.2) is 0 Å². The van der Waals surface area contributed by atoms with E-state index < -0.39 is 0 Å². The zero-order valence-electron chi connectivity index (χ0n) is 16.3. The van der Waals surface area contributed by atoms with Crippen LogP contribution in [0.3, 0.4) is 0 Å². The molecule has 4 aromatic rings. The Morgan fingerprint density at radius 2 is 1.50 bits per heavy atom. The molecule has 0 aliphatic carbocycles. The molecule has 4 rings (SSSR count). The predicted octanol–water partition coefficient (Wildman–Crippen LogP) is 5.20. The number of nitrogens with zero attached hydrogens (tertiary/aromatic N) is 2. The molecule has 0 unspecified atom stereocenters. The van der Waals surface area contributed by atoms with Gasteiger partial charge in [-0.05, 0) is 42.0 Å². The molecule has 0 saturated carbocycles. The summed E-state index contributed by atoms with van der Waals surface area (Å²) in [7, 11) is 1.60. The van der Waals surface area contributed by atoms with Crippen LogP contribution in [0.1, 0.15) is 10.4 Å². The van der Waals surface area contributed by atoms with Crippen molar-refractivity contribution in [3.8, 4) is 28.6 Å². The Hall–Kier alpha value is -4.19. The van der Waals surface area contributed by atoms with Crippen LogP contribution in [0, 0.1) is 0 Å². The Labute approximate surface area is 174 Å². The number of carbonyl (C=O) groups is 1. The van der Waals surface area contributed by atoms with Gasteiger partial charge < -0.3 is 14.8 Å². The maximum atomic E-state index is 12.4. The molecular weight excluding hydrogens is 378 g/mol. The van der Waals surface area contributed by atoms with E-state index in [4.69, 9.17) is 9.47 Å². The molecule has 1 N–H and O–H groups in total. The van der Waals surface area contributed by atoms with Crippen LogP contribution < -0.4 is 14.8 Å². The average Bonchev–Trinajstić information content (AvgIpc) is 2.80. The summed E-state index contributed by atoms with van der Waals surface area (Å²) in [6, 6.07) is 24.1. The highest BCUT2D eigenvalue weighted by Crippen LogP contribution is 2.24. The maximum Gasteiger partial charge on any atom is 0.321 e. The lowest BCUT2D eigenvalue weighted by molar-refractivity contribution is 0.102. The van der Waals surface area contributed by atoms with Crippen molar-refractivity contribution in [1.29, 1.82) is 0 Å². The van der Waals surface area contributed by atoms with Crippen molar-refractivity contribution in [2.75, 3.05) is 12.4 Å². The number of aromatic nitrogens is 2. The Morgan fingerprint density at radius 3 is 2.20 bits per heavy atom. The lowest BCUT2D eigenvalue weighted by atomic mass is 10.1. The minimum Gasteiger partial charge on any atom is -0.497 e. The van der Waals surface area contributed by atoms with E-state index >= 15 is 0 Å². The topological polar surface area (TPSA) is 73.3 Å². The van der Waals surface area contributed by atoms with E-state index in [9.17, 15) is 4.79 Å². The molecule has 0 bridgehead atoms. The number of nitrogens with one attached hydrogen (secondary N) is 1. The van der Waals surface area contributed by atoms with Gasteiger partial charge in [0.05, 0.1) is 7.11 Å². The van der Waals surface area contributed by atoms with E-state index in [1.54, 1.807) is 43.8 Å².